The Kier molecular flexibility index (Phi) is 4.65. The predicted molar refractivity (Wildman–Crippen MR) is 115 cm³/mol. The van der Waals surface area contributed by atoms with Gasteiger partial charge in [-0.15, -0.1) is 5.10 Å². The van der Waals surface area contributed by atoms with Crippen molar-refractivity contribution in [3.05, 3.63) is 60.4 Å². The molecule has 0 radical (unpaired) electrons. The molecule has 1 saturated heterocycles. The number of likely N-dealkylation sites (tertiary alicyclic amines) is 1. The molecule has 1 spiro atoms. The number of fused-ring (bicyclic) bond motifs is 1. The van der Waals surface area contributed by atoms with Crippen molar-refractivity contribution in [2.75, 3.05) is 29.9 Å². The van der Waals surface area contributed by atoms with Crippen LogP contribution in [0.25, 0.3) is 5.69 Å². The SMILES string of the molecule is CC(=O)N1CC2(CCN(C(=O)c3ccc(-n4cnnn4)cc3)CC2)Nc2ccccc21. The molecule has 31 heavy (non-hydrogen) atoms. The molecular formula is C22H23N7O2. The largest absolute Gasteiger partial charge is 0.376 e. The molecule has 0 unspecified atom stereocenters. The highest BCUT2D eigenvalue weighted by Crippen LogP contribution is 2.39. The third-order valence-corrected chi connectivity index (χ3v) is 6.17. The van der Waals surface area contributed by atoms with Gasteiger partial charge in [-0.1, -0.05) is 12.1 Å². The van der Waals surface area contributed by atoms with Crippen molar-refractivity contribution >= 4 is 23.2 Å². The fourth-order valence-electron chi connectivity index (χ4n) is 4.45. The molecule has 3 aromatic rings. The zero-order chi connectivity index (χ0) is 21.4. The van der Waals surface area contributed by atoms with Crippen LogP contribution in [-0.2, 0) is 4.79 Å². The zero-order valence-electron chi connectivity index (χ0n) is 17.2. The number of aromatic nitrogens is 4. The van der Waals surface area contributed by atoms with E-state index in [0.717, 1.165) is 29.9 Å². The molecule has 5 rings (SSSR count). The summed E-state index contributed by atoms with van der Waals surface area (Å²) in [5.74, 6) is 0.0484. The normalized spacial score (nSPS) is 17.2. The van der Waals surface area contributed by atoms with Crippen LogP contribution in [0.3, 0.4) is 0 Å². The fraction of sp³-hybridized carbons (Fsp3) is 0.318. The van der Waals surface area contributed by atoms with Gasteiger partial charge in [0.1, 0.15) is 6.33 Å². The van der Waals surface area contributed by atoms with Crippen LogP contribution in [-0.4, -0.2) is 62.1 Å². The third kappa shape index (κ3) is 3.52. The second-order valence-electron chi connectivity index (χ2n) is 8.12. The first-order valence-corrected chi connectivity index (χ1v) is 10.3. The molecule has 2 amide bonds. The molecule has 1 aromatic heterocycles. The second kappa shape index (κ2) is 7.50. The van der Waals surface area contributed by atoms with Crippen molar-refractivity contribution in [2.45, 2.75) is 25.3 Å². The molecule has 0 saturated carbocycles. The summed E-state index contributed by atoms with van der Waals surface area (Å²) in [5.41, 5.74) is 3.11. The van der Waals surface area contributed by atoms with Crippen LogP contribution in [0, 0.1) is 0 Å². The van der Waals surface area contributed by atoms with Crippen molar-refractivity contribution in [1.29, 1.82) is 0 Å². The second-order valence-corrected chi connectivity index (χ2v) is 8.12. The lowest BCUT2D eigenvalue weighted by molar-refractivity contribution is -0.116. The summed E-state index contributed by atoms with van der Waals surface area (Å²) in [7, 11) is 0. The van der Waals surface area contributed by atoms with Gasteiger partial charge in [0.15, 0.2) is 0 Å². The quantitative estimate of drug-likeness (QED) is 0.686. The first kappa shape index (κ1) is 19.2. The van der Waals surface area contributed by atoms with E-state index in [0.29, 0.717) is 25.2 Å². The minimum absolute atomic E-state index is 0.0118. The summed E-state index contributed by atoms with van der Waals surface area (Å²) in [4.78, 5) is 29.0. The van der Waals surface area contributed by atoms with E-state index in [-0.39, 0.29) is 17.4 Å². The van der Waals surface area contributed by atoms with Crippen molar-refractivity contribution < 1.29 is 9.59 Å². The lowest BCUT2D eigenvalue weighted by Crippen LogP contribution is -2.59. The van der Waals surface area contributed by atoms with Gasteiger partial charge in [-0.3, -0.25) is 9.59 Å². The van der Waals surface area contributed by atoms with Gasteiger partial charge in [0.2, 0.25) is 5.91 Å². The lowest BCUT2D eigenvalue weighted by atomic mass is 9.84. The van der Waals surface area contributed by atoms with Gasteiger partial charge in [0, 0.05) is 32.1 Å². The molecule has 9 heteroatoms. The van der Waals surface area contributed by atoms with Crippen LogP contribution in [0.4, 0.5) is 11.4 Å². The highest BCUT2D eigenvalue weighted by atomic mass is 16.2. The molecule has 3 heterocycles. The molecule has 2 aliphatic rings. The van der Waals surface area contributed by atoms with E-state index in [4.69, 9.17) is 0 Å². The van der Waals surface area contributed by atoms with E-state index in [1.165, 1.54) is 6.33 Å². The molecule has 0 bridgehead atoms. The molecule has 9 nitrogen and oxygen atoms in total. The van der Waals surface area contributed by atoms with Gasteiger partial charge in [-0.2, -0.15) is 0 Å². The number of anilines is 2. The first-order valence-electron chi connectivity index (χ1n) is 10.3. The summed E-state index contributed by atoms with van der Waals surface area (Å²) < 4.78 is 1.55. The zero-order valence-corrected chi connectivity index (χ0v) is 17.2. The average molecular weight is 417 g/mol. The monoisotopic (exact) mass is 417 g/mol. The summed E-state index contributed by atoms with van der Waals surface area (Å²) in [6.07, 6.45) is 3.07. The van der Waals surface area contributed by atoms with Crippen molar-refractivity contribution in [3.63, 3.8) is 0 Å². The van der Waals surface area contributed by atoms with Crippen LogP contribution >= 0.6 is 0 Å². The number of tetrazole rings is 1. The van der Waals surface area contributed by atoms with Gasteiger partial charge < -0.3 is 15.1 Å². The Morgan fingerprint density at radius 3 is 2.45 bits per heavy atom. The van der Waals surface area contributed by atoms with Gasteiger partial charge in [0.05, 0.1) is 22.6 Å². The van der Waals surface area contributed by atoms with Crippen LogP contribution < -0.4 is 10.2 Å². The van der Waals surface area contributed by atoms with Crippen LogP contribution in [0.1, 0.15) is 30.1 Å². The van der Waals surface area contributed by atoms with Crippen molar-refractivity contribution in [3.8, 4) is 5.69 Å². The maximum Gasteiger partial charge on any atom is 0.253 e. The average Bonchev–Trinajstić information content (AvgIpc) is 3.34. The molecule has 0 atom stereocenters. The van der Waals surface area contributed by atoms with E-state index in [2.05, 4.69) is 20.8 Å². The highest BCUT2D eigenvalue weighted by molar-refractivity contribution is 5.97. The Hall–Kier alpha value is -3.75. The number of benzene rings is 2. The first-order chi connectivity index (χ1) is 15.0. The smallest absolute Gasteiger partial charge is 0.253 e. The van der Waals surface area contributed by atoms with Crippen LogP contribution in [0.2, 0.25) is 0 Å². The standard InChI is InChI=1S/C22H23N7O2/c1-16(30)28-14-22(24-19-4-2-3-5-20(19)28)10-12-27(13-11-22)21(31)17-6-8-18(9-7-17)29-15-23-25-26-29/h2-9,15,24H,10-14H2,1H3. The Bertz CT molecular complexity index is 1100. The maximum absolute atomic E-state index is 13.0. The summed E-state index contributed by atoms with van der Waals surface area (Å²) in [5, 5.41) is 14.8. The van der Waals surface area contributed by atoms with Gasteiger partial charge in [-0.25, -0.2) is 4.68 Å². The molecule has 1 fully saturated rings. The molecule has 2 aliphatic heterocycles. The Balaban J connectivity index is 1.29. The molecule has 1 N–H and O–H groups in total. The summed E-state index contributed by atoms with van der Waals surface area (Å²) in [6.45, 7) is 3.48. The molecule has 158 valence electrons. The van der Waals surface area contributed by atoms with Crippen LogP contribution in [0.15, 0.2) is 54.9 Å². The minimum atomic E-state index is -0.221. The van der Waals surface area contributed by atoms with E-state index in [1.54, 1.807) is 23.7 Å². The number of piperidine rings is 1. The lowest BCUT2D eigenvalue weighted by Gasteiger charge is -2.49. The number of carbonyl (C=O) groups is 2. The van der Waals surface area contributed by atoms with Crippen LogP contribution in [0.5, 0.6) is 0 Å². The van der Waals surface area contributed by atoms with E-state index < -0.39 is 0 Å². The van der Waals surface area contributed by atoms with Gasteiger partial charge in [0.25, 0.3) is 5.91 Å². The third-order valence-electron chi connectivity index (χ3n) is 6.17. The fourth-order valence-corrected chi connectivity index (χ4v) is 4.45. The highest BCUT2D eigenvalue weighted by Gasteiger charge is 2.42. The molecular weight excluding hydrogens is 394 g/mol. The van der Waals surface area contributed by atoms with Crippen molar-refractivity contribution in [2.24, 2.45) is 0 Å². The number of hydrogen-bond donors (Lipinski definition) is 1. The van der Waals surface area contributed by atoms with Gasteiger partial charge in [-0.05, 0) is 59.7 Å². The number of rotatable bonds is 2. The van der Waals surface area contributed by atoms with E-state index in [1.807, 2.05) is 46.2 Å². The summed E-state index contributed by atoms with van der Waals surface area (Å²) in [6, 6.07) is 15.2. The Labute approximate surface area is 179 Å². The number of nitrogens with zero attached hydrogens (tertiary/aromatic N) is 6. The predicted octanol–water partition coefficient (Wildman–Crippen LogP) is 2.12. The summed E-state index contributed by atoms with van der Waals surface area (Å²) >= 11 is 0. The topological polar surface area (TPSA) is 96.3 Å². The number of nitrogens with one attached hydrogen (secondary N) is 1. The van der Waals surface area contributed by atoms with E-state index in [9.17, 15) is 9.59 Å². The maximum atomic E-state index is 13.0. The molecule has 2 aromatic carbocycles. The Morgan fingerprint density at radius 1 is 1.03 bits per heavy atom. The minimum Gasteiger partial charge on any atom is -0.376 e. The number of amides is 2. The van der Waals surface area contributed by atoms with Crippen molar-refractivity contribution in [1.82, 2.24) is 25.1 Å². The van der Waals surface area contributed by atoms with E-state index >= 15 is 0 Å². The van der Waals surface area contributed by atoms with Gasteiger partial charge >= 0.3 is 0 Å². The molecule has 0 aliphatic carbocycles. The number of carbonyl (C=O) groups excluding carboxylic acids is 2. The number of para-hydroxylation sites is 2. The Morgan fingerprint density at radius 2 is 1.77 bits per heavy atom. The number of hydrogen-bond acceptors (Lipinski definition) is 6.